The summed E-state index contributed by atoms with van der Waals surface area (Å²) in [5.74, 6) is 0.730. The molecule has 0 saturated heterocycles. The van der Waals surface area contributed by atoms with Crippen LogP contribution in [0.2, 0.25) is 0 Å². The summed E-state index contributed by atoms with van der Waals surface area (Å²) in [4.78, 5) is 8.37. The molecule has 1 radical (unpaired) electrons. The lowest BCUT2D eigenvalue weighted by molar-refractivity contribution is 0.590. The molecule has 0 spiro atoms. The Morgan fingerprint density at radius 1 is 1.19 bits per heavy atom. The third-order valence-corrected chi connectivity index (χ3v) is 2.50. The molecule has 0 aliphatic heterocycles. The first kappa shape index (κ1) is 10.8. The van der Waals surface area contributed by atoms with Crippen LogP contribution < -0.4 is 0 Å². The van der Waals surface area contributed by atoms with Crippen molar-refractivity contribution in [3.8, 4) is 11.4 Å². The van der Waals surface area contributed by atoms with Gasteiger partial charge in [0.05, 0.1) is 6.20 Å². The second-order valence-electron chi connectivity index (χ2n) is 4.84. The molecule has 81 valence electrons. The minimum absolute atomic E-state index is 0.147. The van der Waals surface area contributed by atoms with Crippen LogP contribution >= 0.6 is 0 Å². The lowest BCUT2D eigenvalue weighted by atomic mass is 9.86. The molecule has 2 heteroatoms. The zero-order valence-corrected chi connectivity index (χ0v) is 9.86. The molecular weight excluding hydrogens is 196 g/mol. The predicted molar refractivity (Wildman–Crippen MR) is 65.0 cm³/mol. The van der Waals surface area contributed by atoms with Gasteiger partial charge in [0.1, 0.15) is 0 Å². The summed E-state index contributed by atoms with van der Waals surface area (Å²) in [6.45, 7) is 6.60. The van der Waals surface area contributed by atoms with E-state index in [0.29, 0.717) is 0 Å². The predicted octanol–water partition coefficient (Wildman–Crippen LogP) is 3.24. The van der Waals surface area contributed by atoms with E-state index in [1.807, 2.05) is 12.1 Å². The van der Waals surface area contributed by atoms with Gasteiger partial charge >= 0.3 is 0 Å². The number of aromatic nitrogens is 2. The van der Waals surface area contributed by atoms with E-state index in [9.17, 15) is 0 Å². The fourth-order valence-electron chi connectivity index (χ4n) is 1.53. The van der Waals surface area contributed by atoms with Crippen molar-refractivity contribution in [2.45, 2.75) is 26.2 Å². The summed E-state index contributed by atoms with van der Waals surface area (Å²) in [6.07, 6.45) is 4.52. The zero-order valence-electron chi connectivity index (χ0n) is 9.86. The van der Waals surface area contributed by atoms with Gasteiger partial charge in [-0.2, -0.15) is 0 Å². The second kappa shape index (κ2) is 4.05. The van der Waals surface area contributed by atoms with Crippen molar-refractivity contribution in [2.75, 3.05) is 0 Å². The van der Waals surface area contributed by atoms with Gasteiger partial charge < -0.3 is 0 Å². The van der Waals surface area contributed by atoms with Crippen molar-refractivity contribution < 1.29 is 0 Å². The molecule has 0 bridgehead atoms. The highest BCUT2D eigenvalue weighted by Crippen LogP contribution is 2.25. The van der Waals surface area contributed by atoms with Crippen molar-refractivity contribution >= 4 is 0 Å². The lowest BCUT2D eigenvalue weighted by Gasteiger charge is -2.19. The van der Waals surface area contributed by atoms with Crippen molar-refractivity contribution in [3.05, 3.63) is 48.3 Å². The number of nitrogens with zero attached hydrogens (tertiary/aromatic N) is 2. The molecule has 0 N–H and O–H groups in total. The lowest BCUT2D eigenvalue weighted by Crippen LogP contribution is -2.10. The van der Waals surface area contributed by atoms with Crippen LogP contribution in [0, 0.1) is 6.20 Å². The Morgan fingerprint density at radius 2 is 2.00 bits per heavy atom. The van der Waals surface area contributed by atoms with E-state index in [2.05, 4.69) is 49.1 Å². The maximum atomic E-state index is 4.23. The van der Waals surface area contributed by atoms with E-state index < -0.39 is 0 Å². The SMILES string of the molecule is CC(C)(C)c1cccc(-c2n[c]ccn2)c1. The topological polar surface area (TPSA) is 25.8 Å². The maximum absolute atomic E-state index is 4.23. The van der Waals surface area contributed by atoms with Crippen LogP contribution in [0.25, 0.3) is 11.4 Å². The summed E-state index contributed by atoms with van der Waals surface area (Å²) in [5.41, 5.74) is 2.48. The fourth-order valence-corrected chi connectivity index (χ4v) is 1.53. The molecule has 1 aromatic heterocycles. The summed E-state index contributed by atoms with van der Waals surface area (Å²) in [5, 5.41) is 0. The minimum atomic E-state index is 0.147. The Hall–Kier alpha value is -1.70. The third kappa shape index (κ3) is 2.27. The van der Waals surface area contributed by atoms with E-state index >= 15 is 0 Å². The Morgan fingerprint density at radius 3 is 2.62 bits per heavy atom. The van der Waals surface area contributed by atoms with E-state index in [4.69, 9.17) is 0 Å². The summed E-state index contributed by atoms with van der Waals surface area (Å²) >= 11 is 0. The van der Waals surface area contributed by atoms with Gasteiger partial charge in [0.2, 0.25) is 0 Å². The molecule has 1 heterocycles. The fraction of sp³-hybridized carbons (Fsp3) is 0.286. The number of benzene rings is 1. The Kier molecular flexibility index (Phi) is 2.73. The molecule has 1 aromatic carbocycles. The molecule has 0 fully saturated rings. The molecule has 2 rings (SSSR count). The van der Waals surface area contributed by atoms with Gasteiger partial charge in [0.15, 0.2) is 5.82 Å². The van der Waals surface area contributed by atoms with Crippen molar-refractivity contribution in [3.63, 3.8) is 0 Å². The first-order valence-electron chi connectivity index (χ1n) is 5.37. The third-order valence-electron chi connectivity index (χ3n) is 2.50. The van der Waals surface area contributed by atoms with Crippen LogP contribution in [0.5, 0.6) is 0 Å². The summed E-state index contributed by atoms with van der Waals surface area (Å²) in [6, 6.07) is 10.1. The van der Waals surface area contributed by atoms with Crippen molar-refractivity contribution in [2.24, 2.45) is 0 Å². The zero-order chi connectivity index (χ0) is 11.6. The van der Waals surface area contributed by atoms with Crippen LogP contribution in [-0.4, -0.2) is 9.97 Å². The first-order chi connectivity index (χ1) is 7.57. The van der Waals surface area contributed by atoms with E-state index in [-0.39, 0.29) is 5.41 Å². The van der Waals surface area contributed by atoms with Crippen molar-refractivity contribution in [1.82, 2.24) is 9.97 Å². The maximum Gasteiger partial charge on any atom is 0.159 e. The summed E-state index contributed by atoms with van der Waals surface area (Å²) in [7, 11) is 0. The highest BCUT2D eigenvalue weighted by Gasteiger charge is 2.14. The van der Waals surface area contributed by atoms with Crippen LogP contribution in [-0.2, 0) is 5.41 Å². The molecule has 0 amide bonds. The molecule has 2 aromatic rings. The van der Waals surface area contributed by atoms with Gasteiger partial charge in [-0.3, -0.25) is 0 Å². The molecular formula is C14H15N2. The highest BCUT2D eigenvalue weighted by molar-refractivity contribution is 5.56. The molecule has 0 aliphatic rings. The van der Waals surface area contributed by atoms with Gasteiger partial charge in [-0.15, -0.1) is 0 Å². The van der Waals surface area contributed by atoms with Gasteiger partial charge in [0.25, 0.3) is 0 Å². The standard InChI is InChI=1S/C14H15N2/c1-14(2,3)12-7-4-6-11(10-12)13-15-8-5-9-16-13/h4-8,10H,1-3H3. The number of rotatable bonds is 1. The molecule has 0 atom stereocenters. The average molecular weight is 211 g/mol. The summed E-state index contributed by atoms with van der Waals surface area (Å²) < 4.78 is 0. The van der Waals surface area contributed by atoms with Crippen LogP contribution in [0.4, 0.5) is 0 Å². The highest BCUT2D eigenvalue weighted by atomic mass is 14.8. The smallest absolute Gasteiger partial charge is 0.159 e. The Labute approximate surface area is 96.4 Å². The van der Waals surface area contributed by atoms with Crippen LogP contribution in [0.15, 0.2) is 36.5 Å². The Bertz CT molecular complexity index is 470. The van der Waals surface area contributed by atoms with E-state index in [1.54, 1.807) is 12.3 Å². The van der Waals surface area contributed by atoms with Gasteiger partial charge in [-0.1, -0.05) is 39.0 Å². The quantitative estimate of drug-likeness (QED) is 0.723. The number of hydrogen-bond donors (Lipinski definition) is 0. The monoisotopic (exact) mass is 211 g/mol. The van der Waals surface area contributed by atoms with E-state index in [1.165, 1.54) is 5.56 Å². The molecule has 0 saturated carbocycles. The molecule has 2 nitrogen and oxygen atoms in total. The average Bonchev–Trinajstić information content (AvgIpc) is 2.29. The first-order valence-corrected chi connectivity index (χ1v) is 5.37. The number of hydrogen-bond acceptors (Lipinski definition) is 2. The van der Waals surface area contributed by atoms with E-state index in [0.717, 1.165) is 11.4 Å². The van der Waals surface area contributed by atoms with Crippen molar-refractivity contribution in [1.29, 1.82) is 0 Å². The Balaban J connectivity index is 2.45. The molecule has 16 heavy (non-hydrogen) atoms. The van der Waals surface area contributed by atoms with Gasteiger partial charge in [0, 0.05) is 11.8 Å². The van der Waals surface area contributed by atoms with Gasteiger partial charge in [-0.05, 0) is 23.1 Å². The molecule has 0 aliphatic carbocycles. The molecule has 0 unspecified atom stereocenters. The normalized spacial score (nSPS) is 11.4. The minimum Gasteiger partial charge on any atom is -0.237 e. The van der Waals surface area contributed by atoms with Gasteiger partial charge in [-0.25, -0.2) is 9.97 Å². The van der Waals surface area contributed by atoms with Crippen LogP contribution in [0.1, 0.15) is 26.3 Å². The largest absolute Gasteiger partial charge is 0.237 e. The van der Waals surface area contributed by atoms with Crippen LogP contribution in [0.3, 0.4) is 0 Å². The second-order valence-corrected chi connectivity index (χ2v) is 4.84.